The molecule has 24 heavy (non-hydrogen) atoms. The second-order valence-electron chi connectivity index (χ2n) is 5.85. The van der Waals surface area contributed by atoms with E-state index in [9.17, 15) is 18.4 Å². The number of aromatic nitrogens is 1. The van der Waals surface area contributed by atoms with E-state index in [1.165, 1.54) is 7.05 Å². The summed E-state index contributed by atoms with van der Waals surface area (Å²) < 4.78 is 24.8. The molecule has 0 saturated heterocycles. The zero-order chi connectivity index (χ0) is 18.0. The number of ketones is 1. The highest BCUT2D eigenvalue weighted by atomic mass is 35.5. The molecule has 0 spiro atoms. The monoisotopic (exact) mass is 356 g/mol. The summed E-state index contributed by atoms with van der Waals surface area (Å²) >= 11 is 6.13. The van der Waals surface area contributed by atoms with E-state index in [1.54, 1.807) is 6.07 Å². The predicted octanol–water partition coefficient (Wildman–Crippen LogP) is 4.21. The van der Waals surface area contributed by atoms with Crippen LogP contribution in [-0.4, -0.2) is 30.1 Å². The molecule has 0 aliphatic heterocycles. The van der Waals surface area contributed by atoms with Gasteiger partial charge in [0.15, 0.2) is 5.78 Å². The van der Waals surface area contributed by atoms with Crippen LogP contribution in [0.25, 0.3) is 10.9 Å². The van der Waals surface area contributed by atoms with Gasteiger partial charge in [0.25, 0.3) is 12.3 Å². The summed E-state index contributed by atoms with van der Waals surface area (Å²) in [5.41, 5.74) is 2.63. The summed E-state index contributed by atoms with van der Waals surface area (Å²) in [5.74, 6) is -1.63. The lowest BCUT2D eigenvalue weighted by molar-refractivity contribution is -0.129. The summed E-state index contributed by atoms with van der Waals surface area (Å²) in [6.45, 7) is 3.67. The molecule has 1 heterocycles. The molecule has 2 aromatic rings. The topological polar surface area (TPSA) is 62.0 Å². The van der Waals surface area contributed by atoms with Gasteiger partial charge in [-0.25, -0.2) is 8.78 Å². The number of aromatic amines is 1. The lowest BCUT2D eigenvalue weighted by Crippen LogP contribution is -2.20. The zero-order valence-corrected chi connectivity index (χ0v) is 14.4. The largest absolute Gasteiger partial charge is 0.354 e. The first kappa shape index (κ1) is 18.4. The Bertz CT molecular complexity index is 786. The van der Waals surface area contributed by atoms with E-state index in [0.717, 1.165) is 10.9 Å². The van der Waals surface area contributed by atoms with E-state index in [0.29, 0.717) is 21.8 Å². The Kier molecular flexibility index (Phi) is 5.59. The maximum absolute atomic E-state index is 12.4. The molecule has 0 radical (unpaired) electrons. The van der Waals surface area contributed by atoms with Crippen molar-refractivity contribution >= 4 is 34.2 Å². The molecule has 0 aliphatic rings. The number of aryl methyl sites for hydroxylation is 1. The van der Waals surface area contributed by atoms with E-state index in [1.807, 2.05) is 19.9 Å². The van der Waals surface area contributed by atoms with Crippen LogP contribution in [0.5, 0.6) is 0 Å². The molecule has 0 saturated carbocycles. The van der Waals surface area contributed by atoms with Gasteiger partial charge in [0.05, 0.1) is 0 Å². The summed E-state index contributed by atoms with van der Waals surface area (Å²) in [6.07, 6.45) is -2.95. The van der Waals surface area contributed by atoms with Crippen LogP contribution in [-0.2, 0) is 4.79 Å². The molecule has 2 rings (SSSR count). The molecule has 1 aromatic heterocycles. The van der Waals surface area contributed by atoms with Crippen LogP contribution in [0.15, 0.2) is 12.1 Å². The third-order valence-corrected chi connectivity index (χ3v) is 4.54. The van der Waals surface area contributed by atoms with Crippen LogP contribution in [0.1, 0.15) is 47.3 Å². The van der Waals surface area contributed by atoms with Gasteiger partial charge in [-0.3, -0.25) is 9.59 Å². The van der Waals surface area contributed by atoms with Crippen molar-refractivity contribution in [3.63, 3.8) is 0 Å². The minimum Gasteiger partial charge on any atom is -0.354 e. The Balaban J connectivity index is 2.47. The number of fused-ring (bicyclic) bond motifs is 1. The zero-order valence-electron chi connectivity index (χ0n) is 13.7. The lowest BCUT2D eigenvalue weighted by Gasteiger charge is -2.13. The van der Waals surface area contributed by atoms with Crippen molar-refractivity contribution in [3.8, 4) is 0 Å². The Hall–Kier alpha value is -1.95. The molecule has 130 valence electrons. The SMILES string of the molecule is CNC(=O)c1[nH]c2cc(Cl)c(C)cc2c1[C@H](C)CCC(=O)C(F)F. The standard InChI is InChI=1S/C17H19ClF2N2O2/c1-8(4-5-13(23)16(19)20)14-10-6-9(2)11(18)7-12(10)22-15(14)17(24)21-3/h6-8,16,22H,4-5H2,1-3H3,(H,21,24)/t8-/m1/s1. The van der Waals surface area contributed by atoms with Crippen molar-refractivity contribution in [2.45, 2.75) is 39.0 Å². The van der Waals surface area contributed by atoms with Gasteiger partial charge < -0.3 is 10.3 Å². The normalized spacial score (nSPS) is 12.6. The van der Waals surface area contributed by atoms with Crippen LogP contribution in [0, 0.1) is 6.92 Å². The maximum Gasteiger partial charge on any atom is 0.295 e. The van der Waals surface area contributed by atoms with Crippen LogP contribution in [0.2, 0.25) is 5.02 Å². The third kappa shape index (κ3) is 3.59. The number of halogens is 3. The number of rotatable bonds is 6. The number of Topliss-reactive ketones (excluding diaryl/α,β-unsaturated/α-hetero) is 1. The minimum absolute atomic E-state index is 0.231. The number of alkyl halides is 2. The Morgan fingerprint density at radius 3 is 2.58 bits per heavy atom. The van der Waals surface area contributed by atoms with Gasteiger partial charge in [0.2, 0.25) is 0 Å². The predicted molar refractivity (Wildman–Crippen MR) is 90.1 cm³/mol. The number of nitrogens with one attached hydrogen (secondary N) is 2. The number of hydrogen-bond donors (Lipinski definition) is 2. The van der Waals surface area contributed by atoms with Gasteiger partial charge >= 0.3 is 0 Å². The van der Waals surface area contributed by atoms with Crippen molar-refractivity contribution in [1.29, 1.82) is 0 Å². The number of benzene rings is 1. The van der Waals surface area contributed by atoms with Gasteiger partial charge in [-0.2, -0.15) is 0 Å². The van der Waals surface area contributed by atoms with Crippen molar-refractivity contribution < 1.29 is 18.4 Å². The van der Waals surface area contributed by atoms with Gasteiger partial charge in [0.1, 0.15) is 5.69 Å². The number of carbonyl (C=O) groups is 2. The van der Waals surface area contributed by atoms with E-state index in [-0.39, 0.29) is 24.7 Å². The fourth-order valence-corrected chi connectivity index (χ4v) is 2.94. The molecule has 0 fully saturated rings. The van der Waals surface area contributed by atoms with Crippen molar-refractivity contribution in [3.05, 3.63) is 34.0 Å². The second-order valence-corrected chi connectivity index (χ2v) is 6.25. The van der Waals surface area contributed by atoms with Crippen LogP contribution in [0.3, 0.4) is 0 Å². The first-order valence-electron chi connectivity index (χ1n) is 7.60. The summed E-state index contributed by atoms with van der Waals surface area (Å²) in [6, 6.07) is 3.60. The van der Waals surface area contributed by atoms with Crippen molar-refractivity contribution in [2.24, 2.45) is 0 Å². The average molecular weight is 357 g/mol. The van der Waals surface area contributed by atoms with Crippen LogP contribution < -0.4 is 5.32 Å². The summed E-state index contributed by atoms with van der Waals surface area (Å²) in [4.78, 5) is 26.4. The highest BCUT2D eigenvalue weighted by molar-refractivity contribution is 6.32. The van der Waals surface area contributed by atoms with Gasteiger partial charge in [-0.1, -0.05) is 18.5 Å². The Morgan fingerprint density at radius 2 is 2.00 bits per heavy atom. The van der Waals surface area contributed by atoms with Crippen LogP contribution >= 0.6 is 11.6 Å². The molecule has 0 bridgehead atoms. The molecular formula is C17H19ClF2N2O2. The number of H-pyrrole nitrogens is 1. The highest BCUT2D eigenvalue weighted by Gasteiger charge is 2.24. The molecule has 0 aliphatic carbocycles. The molecule has 2 N–H and O–H groups in total. The van der Waals surface area contributed by atoms with Crippen molar-refractivity contribution in [1.82, 2.24) is 10.3 Å². The first-order chi connectivity index (χ1) is 11.3. The van der Waals surface area contributed by atoms with Gasteiger partial charge in [-0.15, -0.1) is 0 Å². The summed E-state index contributed by atoms with van der Waals surface area (Å²) in [7, 11) is 1.51. The van der Waals surface area contributed by atoms with E-state index >= 15 is 0 Å². The molecular weight excluding hydrogens is 338 g/mol. The van der Waals surface area contributed by atoms with Gasteiger partial charge in [-0.05, 0) is 42.5 Å². The molecule has 4 nitrogen and oxygen atoms in total. The Labute approximate surface area is 143 Å². The third-order valence-electron chi connectivity index (χ3n) is 4.13. The van der Waals surface area contributed by atoms with E-state index < -0.39 is 12.2 Å². The van der Waals surface area contributed by atoms with Crippen LogP contribution in [0.4, 0.5) is 8.78 Å². The van der Waals surface area contributed by atoms with Gasteiger partial charge in [0, 0.05) is 29.4 Å². The lowest BCUT2D eigenvalue weighted by atomic mass is 9.92. The van der Waals surface area contributed by atoms with E-state index in [4.69, 9.17) is 11.6 Å². The molecule has 1 atom stereocenters. The second kappa shape index (κ2) is 7.30. The minimum atomic E-state index is -2.96. The molecule has 1 amide bonds. The number of hydrogen-bond acceptors (Lipinski definition) is 2. The quantitative estimate of drug-likeness (QED) is 0.814. The summed E-state index contributed by atoms with van der Waals surface area (Å²) in [5, 5.41) is 3.94. The molecule has 1 aromatic carbocycles. The smallest absolute Gasteiger partial charge is 0.295 e. The maximum atomic E-state index is 12.4. The fraction of sp³-hybridized carbons (Fsp3) is 0.412. The van der Waals surface area contributed by atoms with E-state index in [2.05, 4.69) is 10.3 Å². The first-order valence-corrected chi connectivity index (χ1v) is 7.98. The molecule has 0 unspecified atom stereocenters. The van der Waals surface area contributed by atoms with Crippen molar-refractivity contribution in [2.75, 3.05) is 7.05 Å². The Morgan fingerprint density at radius 1 is 1.33 bits per heavy atom. The highest BCUT2D eigenvalue weighted by Crippen LogP contribution is 2.34. The fourth-order valence-electron chi connectivity index (χ4n) is 2.77. The molecule has 7 heteroatoms. The average Bonchev–Trinajstić information content (AvgIpc) is 2.90. The number of carbonyl (C=O) groups excluding carboxylic acids is 2. The number of amides is 1.